The topological polar surface area (TPSA) is 58.6 Å². The van der Waals surface area contributed by atoms with E-state index >= 15 is 0 Å². The monoisotopic (exact) mass is 305 g/mol. The first-order chi connectivity index (χ1) is 10.1. The molecule has 0 aliphatic rings. The molecule has 21 heavy (non-hydrogen) atoms. The van der Waals surface area contributed by atoms with E-state index in [0.29, 0.717) is 18.2 Å². The molecule has 0 atom stereocenters. The first-order valence-corrected chi connectivity index (χ1v) is 6.90. The Bertz CT molecular complexity index is 643. The molecule has 0 radical (unpaired) electrons. The van der Waals surface area contributed by atoms with Gasteiger partial charge in [0.15, 0.2) is 0 Å². The Hall–Kier alpha value is -2.20. The Labute approximate surface area is 128 Å². The van der Waals surface area contributed by atoms with E-state index in [1.807, 2.05) is 31.2 Å². The van der Waals surface area contributed by atoms with E-state index in [1.54, 1.807) is 6.07 Å². The van der Waals surface area contributed by atoms with Gasteiger partial charge in [0.05, 0.1) is 12.1 Å². The summed E-state index contributed by atoms with van der Waals surface area (Å²) >= 11 is 5.72. The second kappa shape index (κ2) is 6.99. The Morgan fingerprint density at radius 3 is 2.81 bits per heavy atom. The fourth-order valence-corrected chi connectivity index (χ4v) is 2.00. The number of carbonyl (C=O) groups is 1. The summed E-state index contributed by atoms with van der Waals surface area (Å²) in [6, 6.07) is 12.0. The fourth-order valence-electron chi connectivity index (χ4n) is 1.83. The molecule has 2 aromatic carbocycles. The van der Waals surface area contributed by atoms with Crippen molar-refractivity contribution in [2.45, 2.75) is 6.92 Å². The van der Waals surface area contributed by atoms with E-state index in [1.165, 1.54) is 12.1 Å². The van der Waals surface area contributed by atoms with Crippen LogP contribution in [0, 0.1) is 6.92 Å². The minimum atomic E-state index is -0.364. The molecular formula is C16H16ClNO3. The number of nitrogens with one attached hydrogen (secondary N) is 1. The number of phenolic OH excluding ortho intramolecular Hbond substituents is 1. The number of phenols is 1. The Morgan fingerprint density at radius 2 is 2.10 bits per heavy atom. The molecule has 0 unspecified atom stereocenters. The van der Waals surface area contributed by atoms with Gasteiger partial charge in [-0.1, -0.05) is 23.7 Å². The van der Waals surface area contributed by atoms with Crippen molar-refractivity contribution in [1.29, 1.82) is 0 Å². The number of rotatable bonds is 5. The summed E-state index contributed by atoms with van der Waals surface area (Å²) in [6.07, 6.45) is 0. The highest BCUT2D eigenvalue weighted by molar-refractivity contribution is 6.30. The maximum Gasteiger partial charge on any atom is 0.255 e. The molecule has 0 aromatic heterocycles. The van der Waals surface area contributed by atoms with Gasteiger partial charge in [0.2, 0.25) is 0 Å². The molecule has 0 aliphatic carbocycles. The van der Waals surface area contributed by atoms with Crippen molar-refractivity contribution < 1.29 is 14.6 Å². The summed E-state index contributed by atoms with van der Waals surface area (Å²) in [5.41, 5.74) is 1.30. The third kappa shape index (κ3) is 4.39. The maximum atomic E-state index is 11.9. The lowest BCUT2D eigenvalue weighted by Crippen LogP contribution is -2.28. The van der Waals surface area contributed by atoms with Crippen molar-refractivity contribution >= 4 is 17.5 Å². The number of aromatic hydroxyl groups is 1. The molecular weight excluding hydrogens is 290 g/mol. The highest BCUT2D eigenvalue weighted by atomic mass is 35.5. The number of hydrogen-bond acceptors (Lipinski definition) is 3. The summed E-state index contributed by atoms with van der Waals surface area (Å²) < 4.78 is 5.52. The third-order valence-electron chi connectivity index (χ3n) is 2.85. The van der Waals surface area contributed by atoms with Crippen LogP contribution in [0.4, 0.5) is 0 Å². The zero-order chi connectivity index (χ0) is 15.2. The van der Waals surface area contributed by atoms with Crippen LogP contribution in [0.15, 0.2) is 42.5 Å². The van der Waals surface area contributed by atoms with Crippen LogP contribution in [0.2, 0.25) is 5.02 Å². The number of ether oxygens (including phenoxy) is 1. The maximum absolute atomic E-state index is 11.9. The SMILES string of the molecule is Cc1cccc(OCCNC(=O)c2ccc(Cl)cc2O)c1. The van der Waals surface area contributed by atoms with Gasteiger partial charge >= 0.3 is 0 Å². The summed E-state index contributed by atoms with van der Waals surface area (Å²) in [5, 5.41) is 12.7. The Balaban J connectivity index is 1.82. The third-order valence-corrected chi connectivity index (χ3v) is 3.09. The molecule has 0 heterocycles. The van der Waals surface area contributed by atoms with Crippen LogP contribution in [-0.4, -0.2) is 24.2 Å². The average molecular weight is 306 g/mol. The minimum Gasteiger partial charge on any atom is -0.507 e. The van der Waals surface area contributed by atoms with Crippen LogP contribution in [0.1, 0.15) is 15.9 Å². The molecule has 0 saturated heterocycles. The van der Waals surface area contributed by atoms with Gasteiger partial charge in [-0.25, -0.2) is 0 Å². The first kappa shape index (κ1) is 15.2. The van der Waals surface area contributed by atoms with Gasteiger partial charge in [-0.05, 0) is 42.8 Å². The van der Waals surface area contributed by atoms with Crippen LogP contribution < -0.4 is 10.1 Å². The second-order valence-corrected chi connectivity index (χ2v) is 5.02. The molecule has 5 heteroatoms. The van der Waals surface area contributed by atoms with Crippen LogP contribution in [0.3, 0.4) is 0 Å². The predicted molar refractivity (Wildman–Crippen MR) is 82.1 cm³/mol. The van der Waals surface area contributed by atoms with Crippen molar-refractivity contribution in [3.63, 3.8) is 0 Å². The zero-order valence-electron chi connectivity index (χ0n) is 11.6. The standard InChI is InChI=1S/C16H16ClNO3/c1-11-3-2-4-13(9-11)21-8-7-18-16(20)14-6-5-12(17)10-15(14)19/h2-6,9-10,19H,7-8H2,1H3,(H,18,20). The number of hydrogen-bond donors (Lipinski definition) is 2. The van der Waals surface area contributed by atoms with Crippen LogP contribution in [-0.2, 0) is 0 Å². The lowest BCUT2D eigenvalue weighted by molar-refractivity contribution is 0.0944. The van der Waals surface area contributed by atoms with Gasteiger partial charge in [-0.3, -0.25) is 4.79 Å². The highest BCUT2D eigenvalue weighted by Gasteiger charge is 2.10. The average Bonchev–Trinajstić information content (AvgIpc) is 2.43. The van der Waals surface area contributed by atoms with Crippen LogP contribution in [0.25, 0.3) is 0 Å². The van der Waals surface area contributed by atoms with Crippen molar-refractivity contribution in [3.8, 4) is 11.5 Å². The molecule has 0 saturated carbocycles. The molecule has 4 nitrogen and oxygen atoms in total. The van der Waals surface area contributed by atoms with Crippen LogP contribution >= 0.6 is 11.6 Å². The number of halogens is 1. The largest absolute Gasteiger partial charge is 0.507 e. The number of amides is 1. The molecule has 110 valence electrons. The number of benzene rings is 2. The van der Waals surface area contributed by atoms with E-state index in [-0.39, 0.29) is 17.2 Å². The van der Waals surface area contributed by atoms with E-state index < -0.39 is 0 Å². The lowest BCUT2D eigenvalue weighted by Gasteiger charge is -2.09. The zero-order valence-corrected chi connectivity index (χ0v) is 12.4. The normalized spacial score (nSPS) is 10.2. The molecule has 0 fully saturated rings. The number of carbonyl (C=O) groups excluding carboxylic acids is 1. The van der Waals surface area contributed by atoms with Crippen LogP contribution in [0.5, 0.6) is 11.5 Å². The molecule has 0 spiro atoms. The summed E-state index contributed by atoms with van der Waals surface area (Å²) in [7, 11) is 0. The van der Waals surface area contributed by atoms with Crippen molar-refractivity contribution in [1.82, 2.24) is 5.32 Å². The van der Waals surface area contributed by atoms with Gasteiger partial charge in [-0.2, -0.15) is 0 Å². The van der Waals surface area contributed by atoms with Gasteiger partial charge in [0.25, 0.3) is 5.91 Å². The molecule has 2 N–H and O–H groups in total. The van der Waals surface area contributed by atoms with Crippen molar-refractivity contribution in [2.24, 2.45) is 0 Å². The summed E-state index contributed by atoms with van der Waals surface area (Å²) in [4.78, 5) is 11.9. The highest BCUT2D eigenvalue weighted by Crippen LogP contribution is 2.21. The minimum absolute atomic E-state index is 0.139. The lowest BCUT2D eigenvalue weighted by atomic mass is 10.2. The van der Waals surface area contributed by atoms with E-state index in [9.17, 15) is 9.90 Å². The molecule has 1 amide bonds. The first-order valence-electron chi connectivity index (χ1n) is 6.52. The molecule has 0 aliphatic heterocycles. The van der Waals surface area contributed by atoms with E-state index in [2.05, 4.69) is 5.32 Å². The van der Waals surface area contributed by atoms with Gasteiger partial charge < -0.3 is 15.2 Å². The summed E-state index contributed by atoms with van der Waals surface area (Å²) in [6.45, 7) is 2.68. The smallest absolute Gasteiger partial charge is 0.255 e. The fraction of sp³-hybridized carbons (Fsp3) is 0.188. The van der Waals surface area contributed by atoms with Gasteiger partial charge in [-0.15, -0.1) is 0 Å². The van der Waals surface area contributed by atoms with Crippen molar-refractivity contribution in [2.75, 3.05) is 13.2 Å². The van der Waals surface area contributed by atoms with Gasteiger partial charge in [0.1, 0.15) is 18.1 Å². The van der Waals surface area contributed by atoms with E-state index in [0.717, 1.165) is 11.3 Å². The summed E-state index contributed by atoms with van der Waals surface area (Å²) in [5.74, 6) is 0.259. The van der Waals surface area contributed by atoms with E-state index in [4.69, 9.17) is 16.3 Å². The van der Waals surface area contributed by atoms with Gasteiger partial charge in [0, 0.05) is 5.02 Å². The molecule has 0 bridgehead atoms. The van der Waals surface area contributed by atoms with Crippen molar-refractivity contribution in [3.05, 3.63) is 58.6 Å². The predicted octanol–water partition coefficient (Wildman–Crippen LogP) is 3.16. The Morgan fingerprint density at radius 1 is 1.29 bits per heavy atom. The second-order valence-electron chi connectivity index (χ2n) is 4.58. The Kier molecular flexibility index (Phi) is 5.06. The molecule has 2 rings (SSSR count). The quantitative estimate of drug-likeness (QED) is 0.834. The molecule has 2 aromatic rings. The number of aryl methyl sites for hydroxylation is 1.